The molecule has 0 heterocycles. The molecule has 0 saturated heterocycles. The second kappa shape index (κ2) is 7.35. The minimum atomic E-state index is -1.50. The highest BCUT2D eigenvalue weighted by atomic mass is 35.5. The molecule has 1 saturated carbocycles. The summed E-state index contributed by atoms with van der Waals surface area (Å²) in [6.07, 6.45) is 1.38. The van der Waals surface area contributed by atoms with Crippen LogP contribution < -0.4 is 10.0 Å². The van der Waals surface area contributed by atoms with Gasteiger partial charge in [0.2, 0.25) is 0 Å². The van der Waals surface area contributed by atoms with Crippen molar-refractivity contribution in [3.05, 3.63) is 40.9 Å². The van der Waals surface area contributed by atoms with Crippen LogP contribution in [0.25, 0.3) is 0 Å². The van der Waals surface area contributed by atoms with E-state index in [1.54, 1.807) is 19.9 Å². The number of quaternary nitrogens is 1. The zero-order chi connectivity index (χ0) is 17.8. The molecule has 4 nitrogen and oxygen atoms in total. The Kier molecular flexibility index (Phi) is 6.24. The Labute approximate surface area is 146 Å². The fraction of sp³-hybridized carbons (Fsp3) is 0.412. The van der Waals surface area contributed by atoms with E-state index in [0.717, 1.165) is 0 Å². The average Bonchev–Trinajstić information content (AvgIpc) is 2.95. The first-order valence-corrected chi connectivity index (χ1v) is 7.88. The molecule has 1 aliphatic rings. The van der Waals surface area contributed by atoms with Crippen LogP contribution >= 0.6 is 23.2 Å². The maximum Gasteiger partial charge on any atom is 0.130 e. The lowest BCUT2D eigenvalue weighted by atomic mass is 9.98. The van der Waals surface area contributed by atoms with Crippen LogP contribution in [0, 0.1) is 28.1 Å². The van der Waals surface area contributed by atoms with Gasteiger partial charge in [-0.2, -0.15) is 5.26 Å². The van der Waals surface area contributed by atoms with Gasteiger partial charge in [-0.25, -0.2) is 0 Å². The molecule has 1 aliphatic carbocycles. The van der Waals surface area contributed by atoms with Gasteiger partial charge < -0.3 is 14.8 Å². The van der Waals surface area contributed by atoms with Crippen molar-refractivity contribution in [3.63, 3.8) is 0 Å². The van der Waals surface area contributed by atoms with E-state index in [1.165, 1.54) is 16.7 Å². The molecule has 2 atom stereocenters. The van der Waals surface area contributed by atoms with Crippen molar-refractivity contribution in [3.8, 4) is 6.07 Å². The topological polar surface area (TPSA) is 68.4 Å². The number of hydrogen-bond donors (Lipinski definition) is 1. The first-order valence-electron chi connectivity index (χ1n) is 7.12. The summed E-state index contributed by atoms with van der Waals surface area (Å²) in [7, 11) is 4.24. The third-order valence-electron chi connectivity index (χ3n) is 4.32. The number of nitrogens with zero attached hydrogens (tertiary/aromatic N) is 1. The summed E-state index contributed by atoms with van der Waals surface area (Å²) in [6.45, 7) is 3.34. The Morgan fingerprint density at radius 3 is 2.09 bits per heavy atom. The lowest BCUT2D eigenvalue weighted by Crippen LogP contribution is -3.00. The number of carboxylic acid groups (broad SMARTS) is 1. The molecule has 0 amide bonds. The molecular weight excluding hydrogens is 335 g/mol. The molecule has 2 unspecified atom stereocenters. The third-order valence-corrected chi connectivity index (χ3v) is 4.57. The number of allylic oxidation sites excluding steroid dienone is 1. The quantitative estimate of drug-likeness (QED) is 0.897. The van der Waals surface area contributed by atoms with E-state index < -0.39 is 22.7 Å². The van der Waals surface area contributed by atoms with Crippen LogP contribution in [-0.4, -0.2) is 20.1 Å². The van der Waals surface area contributed by atoms with Crippen LogP contribution in [0.15, 0.2) is 40.9 Å². The first-order chi connectivity index (χ1) is 10.6. The molecule has 0 bridgehead atoms. The zero-order valence-electron chi connectivity index (χ0n) is 13.6. The molecule has 124 valence electrons. The smallest absolute Gasteiger partial charge is 0.130 e. The molecule has 0 radical (unpaired) electrons. The second-order valence-corrected chi connectivity index (χ2v) is 7.24. The van der Waals surface area contributed by atoms with Gasteiger partial charge in [-0.15, -0.1) is 0 Å². The largest absolute Gasteiger partial charge is 0.548 e. The molecule has 0 aliphatic heterocycles. The zero-order valence-corrected chi connectivity index (χ0v) is 15.1. The highest BCUT2D eigenvalue weighted by molar-refractivity contribution is 6.55. The summed E-state index contributed by atoms with van der Waals surface area (Å²) in [5.41, 5.74) is -0.852. The first kappa shape index (κ1) is 19.5. The fourth-order valence-corrected chi connectivity index (χ4v) is 2.94. The van der Waals surface area contributed by atoms with Crippen molar-refractivity contribution in [2.75, 3.05) is 14.1 Å². The van der Waals surface area contributed by atoms with Gasteiger partial charge in [-0.05, 0) is 23.6 Å². The van der Waals surface area contributed by atoms with Gasteiger partial charge in [0.1, 0.15) is 15.6 Å². The lowest BCUT2D eigenvalue weighted by molar-refractivity contribution is -0.786. The summed E-state index contributed by atoms with van der Waals surface area (Å²) in [5.74, 6) is -1.86. The highest BCUT2D eigenvalue weighted by Gasteiger charge is 2.72. The van der Waals surface area contributed by atoms with E-state index in [-0.39, 0.29) is 4.49 Å². The van der Waals surface area contributed by atoms with Crippen molar-refractivity contribution in [2.45, 2.75) is 13.8 Å². The van der Waals surface area contributed by atoms with Crippen molar-refractivity contribution in [2.24, 2.45) is 16.7 Å². The second-order valence-electron chi connectivity index (χ2n) is 6.23. The summed E-state index contributed by atoms with van der Waals surface area (Å²) in [4.78, 5) is 12.2. The normalized spacial score (nSPS) is 24.0. The number of aliphatic carboxylic acids is 1. The van der Waals surface area contributed by atoms with Crippen molar-refractivity contribution < 1.29 is 14.8 Å². The minimum absolute atomic E-state index is 0.0264. The van der Waals surface area contributed by atoms with Crippen molar-refractivity contribution in [1.82, 2.24) is 0 Å². The Hall–Kier alpha value is -1.54. The Morgan fingerprint density at radius 2 is 1.83 bits per heavy atom. The number of nitriles is 1. The molecule has 1 aromatic rings. The molecule has 1 N–H and O–H groups in total. The van der Waals surface area contributed by atoms with Gasteiger partial charge in [0.15, 0.2) is 0 Å². The number of carboxylic acids is 1. The maximum atomic E-state index is 10.9. The van der Waals surface area contributed by atoms with E-state index in [0.29, 0.717) is 0 Å². The lowest BCUT2D eigenvalue weighted by Gasteiger charge is -2.11. The van der Waals surface area contributed by atoms with Crippen LogP contribution in [0.3, 0.4) is 0 Å². The highest BCUT2D eigenvalue weighted by Crippen LogP contribution is 2.69. The molecule has 23 heavy (non-hydrogen) atoms. The number of rotatable bonds is 3. The van der Waals surface area contributed by atoms with E-state index in [9.17, 15) is 9.90 Å². The Balaban J connectivity index is 0.000000253. The summed E-state index contributed by atoms with van der Waals surface area (Å²) in [5, 5.41) is 19.7. The monoisotopic (exact) mass is 354 g/mol. The number of carbonyl (C=O) groups is 1. The van der Waals surface area contributed by atoms with Crippen LogP contribution in [0.5, 0.6) is 0 Å². The summed E-state index contributed by atoms with van der Waals surface area (Å²) in [6, 6.07) is 12.2. The Bertz CT molecular complexity index is 632. The summed E-state index contributed by atoms with van der Waals surface area (Å²) < 4.78 is -0.0264. The third kappa shape index (κ3) is 3.87. The van der Waals surface area contributed by atoms with Crippen LogP contribution in [0.2, 0.25) is 0 Å². The predicted octanol–water partition coefficient (Wildman–Crippen LogP) is 1.68. The number of halogens is 2. The van der Waals surface area contributed by atoms with Crippen LogP contribution in [0.1, 0.15) is 13.8 Å². The predicted molar refractivity (Wildman–Crippen MR) is 89.0 cm³/mol. The number of nitrogens with one attached hydrogen (secondary N) is 1. The molecule has 1 fully saturated rings. The standard InChI is InChI=1S/C9H9Cl2NO2.C8H11N/c1-8(2)5(3-6(10)11)9(8,4-12)7(13)14;1-9(2)8-6-4-3-5-7-8/h3,5H,1-2H3,(H,13,14);3-7H,1-2H3. The van der Waals surface area contributed by atoms with Gasteiger partial charge in [-0.3, -0.25) is 0 Å². The molecule has 2 rings (SSSR count). The van der Waals surface area contributed by atoms with Gasteiger partial charge in [0, 0.05) is 5.92 Å². The van der Waals surface area contributed by atoms with Gasteiger partial charge in [-0.1, -0.05) is 55.2 Å². The SMILES string of the molecule is CC1(C)C(C=C(Cl)Cl)C1(C#N)C(=O)[O-].C[NH+](C)c1ccccc1. The van der Waals surface area contributed by atoms with Crippen LogP contribution in [-0.2, 0) is 4.79 Å². The number of para-hydroxylation sites is 1. The molecule has 6 heteroatoms. The van der Waals surface area contributed by atoms with Crippen molar-refractivity contribution >= 4 is 34.9 Å². The Morgan fingerprint density at radius 1 is 1.30 bits per heavy atom. The molecule has 0 spiro atoms. The molecule has 1 aromatic carbocycles. The molecular formula is C17H20Cl2N2O2. The van der Waals surface area contributed by atoms with Crippen molar-refractivity contribution in [1.29, 1.82) is 5.26 Å². The van der Waals surface area contributed by atoms with E-state index in [2.05, 4.69) is 38.4 Å². The van der Waals surface area contributed by atoms with E-state index >= 15 is 0 Å². The number of hydrogen-bond acceptors (Lipinski definition) is 3. The summed E-state index contributed by atoms with van der Waals surface area (Å²) >= 11 is 10.9. The maximum absolute atomic E-state index is 10.9. The van der Waals surface area contributed by atoms with Gasteiger partial charge >= 0.3 is 0 Å². The number of benzene rings is 1. The molecule has 0 aromatic heterocycles. The van der Waals surface area contributed by atoms with E-state index in [1.807, 2.05) is 6.07 Å². The van der Waals surface area contributed by atoms with Crippen LogP contribution in [0.4, 0.5) is 5.69 Å². The van der Waals surface area contributed by atoms with E-state index in [4.69, 9.17) is 28.5 Å². The van der Waals surface area contributed by atoms with Gasteiger partial charge in [0.25, 0.3) is 0 Å². The minimum Gasteiger partial charge on any atom is -0.548 e. The number of carbonyl (C=O) groups excluding carboxylic acids is 1. The fourth-order valence-electron chi connectivity index (χ4n) is 2.68. The van der Waals surface area contributed by atoms with Gasteiger partial charge in [0.05, 0.1) is 26.1 Å². The average molecular weight is 355 g/mol.